The van der Waals surface area contributed by atoms with Crippen LogP contribution in [0.4, 0.5) is 0 Å². The van der Waals surface area contributed by atoms with Crippen molar-refractivity contribution in [2.45, 2.75) is 58.9 Å². The van der Waals surface area contributed by atoms with Crippen molar-refractivity contribution in [3.8, 4) is 11.5 Å². The summed E-state index contributed by atoms with van der Waals surface area (Å²) in [5, 5.41) is 0. The van der Waals surface area contributed by atoms with E-state index in [1.54, 1.807) is 0 Å². The highest BCUT2D eigenvalue weighted by molar-refractivity contribution is 5.81. The van der Waals surface area contributed by atoms with Crippen molar-refractivity contribution in [3.05, 3.63) is 80.0 Å². The van der Waals surface area contributed by atoms with Crippen LogP contribution < -0.4 is 11.2 Å². The number of fused-ring (bicyclic) bond motifs is 2. The van der Waals surface area contributed by atoms with Crippen LogP contribution in [-0.2, 0) is 24.2 Å². The SMILES string of the molecule is Cc1cc2nc3c(=O)[nH]c(=O)nc-3n(CCCc3ccccc3)c2cc1CN1CC(C)OC(C)C1. The van der Waals surface area contributed by atoms with Crippen molar-refractivity contribution in [2.24, 2.45) is 0 Å². The van der Waals surface area contributed by atoms with Gasteiger partial charge in [-0.1, -0.05) is 30.3 Å². The number of ether oxygens (including phenoxy) is 1. The Morgan fingerprint density at radius 2 is 1.80 bits per heavy atom. The first-order valence-electron chi connectivity index (χ1n) is 12.2. The zero-order valence-corrected chi connectivity index (χ0v) is 20.5. The summed E-state index contributed by atoms with van der Waals surface area (Å²) in [6.45, 7) is 9.48. The van der Waals surface area contributed by atoms with E-state index in [1.807, 2.05) is 28.8 Å². The molecule has 2 aromatic carbocycles. The van der Waals surface area contributed by atoms with Gasteiger partial charge in [0.2, 0.25) is 0 Å². The molecule has 0 saturated carbocycles. The van der Waals surface area contributed by atoms with Crippen LogP contribution in [0.3, 0.4) is 0 Å². The van der Waals surface area contributed by atoms with Crippen molar-refractivity contribution in [1.82, 2.24) is 24.4 Å². The minimum Gasteiger partial charge on any atom is -0.373 e. The van der Waals surface area contributed by atoms with Crippen LogP contribution in [0, 0.1) is 6.92 Å². The number of rotatable bonds is 6. The van der Waals surface area contributed by atoms with Gasteiger partial charge in [-0.05, 0) is 62.4 Å². The molecule has 8 heteroatoms. The van der Waals surface area contributed by atoms with Crippen LogP contribution >= 0.6 is 0 Å². The Morgan fingerprint density at radius 1 is 1.06 bits per heavy atom. The Hall–Kier alpha value is -3.36. The molecule has 1 N–H and O–H groups in total. The van der Waals surface area contributed by atoms with E-state index >= 15 is 0 Å². The second kappa shape index (κ2) is 9.71. The number of nitrogens with zero attached hydrogens (tertiary/aromatic N) is 4. The van der Waals surface area contributed by atoms with Gasteiger partial charge in [-0.25, -0.2) is 9.78 Å². The van der Waals surface area contributed by atoms with E-state index < -0.39 is 11.2 Å². The van der Waals surface area contributed by atoms with Gasteiger partial charge in [0, 0.05) is 26.2 Å². The molecule has 5 rings (SSSR count). The predicted molar refractivity (Wildman–Crippen MR) is 136 cm³/mol. The van der Waals surface area contributed by atoms with Gasteiger partial charge in [0.15, 0.2) is 11.5 Å². The molecule has 0 radical (unpaired) electrons. The fraction of sp³-hybridized carbons (Fsp3) is 0.407. The minimum atomic E-state index is -0.649. The third-order valence-corrected chi connectivity index (χ3v) is 6.65. The summed E-state index contributed by atoms with van der Waals surface area (Å²) in [5.74, 6) is 0.336. The van der Waals surface area contributed by atoms with E-state index in [1.165, 1.54) is 11.1 Å². The molecule has 2 atom stereocenters. The molecule has 1 fully saturated rings. The zero-order valence-electron chi connectivity index (χ0n) is 20.5. The predicted octanol–water partition coefficient (Wildman–Crippen LogP) is 3.14. The summed E-state index contributed by atoms with van der Waals surface area (Å²) < 4.78 is 7.89. The summed E-state index contributed by atoms with van der Waals surface area (Å²) in [4.78, 5) is 38.1. The maximum atomic E-state index is 12.6. The van der Waals surface area contributed by atoms with Crippen LogP contribution in [0.5, 0.6) is 0 Å². The van der Waals surface area contributed by atoms with E-state index in [0.29, 0.717) is 12.4 Å². The maximum absolute atomic E-state index is 12.6. The molecule has 2 aromatic rings. The van der Waals surface area contributed by atoms with Gasteiger partial charge < -0.3 is 9.30 Å². The molecule has 182 valence electrons. The summed E-state index contributed by atoms with van der Waals surface area (Å²) in [5.41, 5.74) is 4.23. The van der Waals surface area contributed by atoms with Gasteiger partial charge in [0.1, 0.15) is 0 Å². The number of H-pyrrole nitrogens is 1. The summed E-state index contributed by atoms with van der Waals surface area (Å²) in [6.07, 6.45) is 2.11. The Morgan fingerprint density at radius 3 is 2.54 bits per heavy atom. The van der Waals surface area contributed by atoms with Crippen LogP contribution in [0.1, 0.15) is 37.0 Å². The zero-order chi connectivity index (χ0) is 24.5. The van der Waals surface area contributed by atoms with Crippen molar-refractivity contribution >= 4 is 11.0 Å². The Bertz CT molecular complexity index is 1420. The number of benzene rings is 2. The molecule has 35 heavy (non-hydrogen) atoms. The molecule has 1 saturated heterocycles. The molecule has 0 bridgehead atoms. The van der Waals surface area contributed by atoms with E-state index in [4.69, 9.17) is 4.74 Å². The quantitative estimate of drug-likeness (QED) is 0.433. The molecule has 8 nitrogen and oxygen atoms in total. The normalized spacial score (nSPS) is 18.9. The Kier molecular flexibility index (Phi) is 6.49. The largest absolute Gasteiger partial charge is 0.373 e. The van der Waals surface area contributed by atoms with Crippen molar-refractivity contribution in [1.29, 1.82) is 0 Å². The molecule has 0 spiro atoms. The number of aryl methyl sites for hydroxylation is 3. The maximum Gasteiger partial charge on any atom is 0.349 e. The lowest BCUT2D eigenvalue weighted by molar-refractivity contribution is -0.0705. The van der Waals surface area contributed by atoms with Gasteiger partial charge >= 0.3 is 5.69 Å². The second-order valence-electron chi connectivity index (χ2n) is 9.61. The highest BCUT2D eigenvalue weighted by Gasteiger charge is 2.24. The van der Waals surface area contributed by atoms with Crippen LogP contribution in [-0.4, -0.2) is 49.7 Å². The highest BCUT2D eigenvalue weighted by Crippen LogP contribution is 2.26. The fourth-order valence-electron chi connectivity index (χ4n) is 5.13. The van der Waals surface area contributed by atoms with Crippen LogP contribution in [0.15, 0.2) is 52.1 Å². The lowest BCUT2D eigenvalue weighted by Crippen LogP contribution is -2.44. The van der Waals surface area contributed by atoms with Gasteiger partial charge in [-0.2, -0.15) is 4.98 Å². The second-order valence-corrected chi connectivity index (χ2v) is 9.61. The lowest BCUT2D eigenvalue weighted by Gasteiger charge is -2.35. The van der Waals surface area contributed by atoms with Gasteiger partial charge in [-0.3, -0.25) is 14.7 Å². The minimum absolute atomic E-state index is 0.194. The monoisotopic (exact) mass is 473 g/mol. The average Bonchev–Trinajstić information content (AvgIpc) is 2.80. The number of aromatic nitrogens is 4. The van der Waals surface area contributed by atoms with E-state index in [-0.39, 0.29) is 17.9 Å². The number of hydrogen-bond acceptors (Lipinski definition) is 6. The van der Waals surface area contributed by atoms with E-state index in [0.717, 1.165) is 49.1 Å². The van der Waals surface area contributed by atoms with Gasteiger partial charge in [-0.15, -0.1) is 0 Å². The Labute approximate surface area is 203 Å². The van der Waals surface area contributed by atoms with Crippen LogP contribution in [0.25, 0.3) is 22.6 Å². The third kappa shape index (κ3) is 5.04. The lowest BCUT2D eigenvalue weighted by atomic mass is 10.0. The standard InChI is InChI=1S/C27H31N5O3/c1-17-12-22-23(13-21(17)16-31-14-18(2)35-19(3)15-31)32(11-7-10-20-8-5-4-6-9-20)25-24(28-22)26(33)30-27(34)29-25/h4-6,8-9,12-13,18-19H,7,10-11,14-16H2,1-3H3,(H,30,33,34). The van der Waals surface area contributed by atoms with Crippen LogP contribution in [0.2, 0.25) is 0 Å². The number of aromatic amines is 1. The summed E-state index contributed by atoms with van der Waals surface area (Å²) in [6, 6.07) is 14.5. The number of morpholine rings is 1. The van der Waals surface area contributed by atoms with Crippen molar-refractivity contribution < 1.29 is 4.74 Å². The molecule has 0 aromatic heterocycles. The molecule has 0 amide bonds. The number of hydrogen-bond donors (Lipinski definition) is 1. The molecular weight excluding hydrogens is 442 g/mol. The van der Waals surface area contributed by atoms with Gasteiger partial charge in [0.25, 0.3) is 5.56 Å². The van der Waals surface area contributed by atoms with Crippen molar-refractivity contribution in [2.75, 3.05) is 13.1 Å². The molecular formula is C27H31N5O3. The van der Waals surface area contributed by atoms with E-state index in [2.05, 4.69) is 58.8 Å². The molecule has 3 aliphatic rings. The number of nitrogens with one attached hydrogen (secondary N) is 1. The van der Waals surface area contributed by atoms with Crippen molar-refractivity contribution in [3.63, 3.8) is 0 Å². The summed E-state index contributed by atoms with van der Waals surface area (Å²) >= 11 is 0. The summed E-state index contributed by atoms with van der Waals surface area (Å²) in [7, 11) is 0. The fourth-order valence-corrected chi connectivity index (χ4v) is 5.13. The molecule has 3 aliphatic heterocycles. The van der Waals surface area contributed by atoms with E-state index in [9.17, 15) is 9.59 Å². The third-order valence-electron chi connectivity index (χ3n) is 6.65. The highest BCUT2D eigenvalue weighted by atomic mass is 16.5. The Balaban J connectivity index is 1.56. The molecule has 0 aliphatic carbocycles. The van der Waals surface area contributed by atoms with Gasteiger partial charge in [0.05, 0.1) is 23.2 Å². The first kappa shape index (κ1) is 23.4. The topological polar surface area (TPSA) is 93.1 Å². The average molecular weight is 474 g/mol. The first-order chi connectivity index (χ1) is 16.9. The molecule has 2 unspecified atom stereocenters. The first-order valence-corrected chi connectivity index (χ1v) is 12.2. The molecule has 3 heterocycles. The smallest absolute Gasteiger partial charge is 0.349 e.